The van der Waals surface area contributed by atoms with Crippen LogP contribution >= 0.6 is 39.1 Å². The Balaban J connectivity index is 2.22. The fourth-order valence-electron chi connectivity index (χ4n) is 1.24. The van der Waals surface area contributed by atoms with Crippen molar-refractivity contribution in [3.05, 3.63) is 50.8 Å². The molecule has 92 valence electrons. The molecule has 2 aromatic rings. The number of hydrogen-bond acceptors (Lipinski definition) is 3. The van der Waals surface area contributed by atoms with E-state index in [0.717, 1.165) is 0 Å². The van der Waals surface area contributed by atoms with Crippen molar-refractivity contribution >= 4 is 50.9 Å². The van der Waals surface area contributed by atoms with E-state index in [4.69, 9.17) is 23.2 Å². The highest BCUT2D eigenvalue weighted by Crippen LogP contribution is 2.25. The first-order chi connectivity index (χ1) is 8.58. The lowest BCUT2D eigenvalue weighted by atomic mass is 10.2. The number of aromatic nitrogens is 2. The molecule has 0 fully saturated rings. The van der Waals surface area contributed by atoms with Crippen molar-refractivity contribution in [2.24, 2.45) is 0 Å². The molecule has 0 aliphatic heterocycles. The van der Waals surface area contributed by atoms with Gasteiger partial charge in [0.1, 0.15) is 4.60 Å². The summed E-state index contributed by atoms with van der Waals surface area (Å²) in [6.45, 7) is 0. The standard InChI is InChI=1S/C11H6BrCl2N3O/c12-8-4-16-9(5-15-8)17-11(18)6-2-1-3-7(13)10(6)14/h1-5H,(H,16,17,18). The molecule has 7 heteroatoms. The van der Waals surface area contributed by atoms with Crippen molar-refractivity contribution in [1.29, 1.82) is 0 Å². The zero-order valence-electron chi connectivity index (χ0n) is 8.82. The first-order valence-corrected chi connectivity index (χ1v) is 6.35. The van der Waals surface area contributed by atoms with Crippen LogP contribution in [0.15, 0.2) is 35.2 Å². The van der Waals surface area contributed by atoms with Gasteiger partial charge in [-0.3, -0.25) is 4.79 Å². The summed E-state index contributed by atoms with van der Waals surface area (Å²) in [5.74, 6) is -0.0571. The van der Waals surface area contributed by atoms with Gasteiger partial charge in [0.2, 0.25) is 0 Å². The van der Waals surface area contributed by atoms with Crippen molar-refractivity contribution in [2.75, 3.05) is 5.32 Å². The number of anilines is 1. The maximum Gasteiger partial charge on any atom is 0.258 e. The topological polar surface area (TPSA) is 54.9 Å². The minimum absolute atomic E-state index is 0.210. The number of halogens is 3. The molecule has 0 unspecified atom stereocenters. The number of nitrogens with one attached hydrogen (secondary N) is 1. The summed E-state index contributed by atoms with van der Waals surface area (Å²) in [7, 11) is 0. The van der Waals surface area contributed by atoms with Gasteiger partial charge in [-0.25, -0.2) is 9.97 Å². The fourth-order valence-corrected chi connectivity index (χ4v) is 1.83. The summed E-state index contributed by atoms with van der Waals surface area (Å²) in [6, 6.07) is 4.84. The van der Waals surface area contributed by atoms with Crippen LogP contribution in [0.1, 0.15) is 10.4 Å². The molecule has 0 atom stereocenters. The van der Waals surface area contributed by atoms with E-state index >= 15 is 0 Å². The van der Waals surface area contributed by atoms with Gasteiger partial charge in [0, 0.05) is 0 Å². The second kappa shape index (κ2) is 5.65. The lowest BCUT2D eigenvalue weighted by molar-refractivity contribution is 0.102. The molecular weight excluding hydrogens is 341 g/mol. The third kappa shape index (κ3) is 2.98. The van der Waals surface area contributed by atoms with E-state index in [-0.39, 0.29) is 16.5 Å². The Morgan fingerprint density at radius 1 is 1.22 bits per heavy atom. The molecule has 1 heterocycles. The molecule has 0 saturated heterocycles. The van der Waals surface area contributed by atoms with Gasteiger partial charge in [0.15, 0.2) is 5.82 Å². The highest BCUT2D eigenvalue weighted by atomic mass is 79.9. The molecule has 4 nitrogen and oxygen atoms in total. The third-order valence-electron chi connectivity index (χ3n) is 2.06. The molecule has 1 N–H and O–H groups in total. The van der Waals surface area contributed by atoms with Crippen LogP contribution in [0.3, 0.4) is 0 Å². The van der Waals surface area contributed by atoms with Crippen LogP contribution in [-0.2, 0) is 0 Å². The number of benzene rings is 1. The van der Waals surface area contributed by atoms with Crippen LogP contribution in [0.2, 0.25) is 10.0 Å². The Bertz CT molecular complexity index is 589. The summed E-state index contributed by atoms with van der Waals surface area (Å²) >= 11 is 14.9. The SMILES string of the molecule is O=C(Nc1cnc(Br)cn1)c1cccc(Cl)c1Cl. The molecule has 1 aromatic heterocycles. The van der Waals surface area contributed by atoms with Gasteiger partial charge >= 0.3 is 0 Å². The predicted octanol–water partition coefficient (Wildman–Crippen LogP) is 3.80. The molecule has 0 spiro atoms. The van der Waals surface area contributed by atoms with Crippen molar-refractivity contribution in [2.45, 2.75) is 0 Å². The summed E-state index contributed by atoms with van der Waals surface area (Å²) in [5.41, 5.74) is 0.286. The van der Waals surface area contributed by atoms with E-state index in [1.165, 1.54) is 12.4 Å². The summed E-state index contributed by atoms with van der Waals surface area (Å²) in [6.07, 6.45) is 2.91. The molecule has 1 aromatic carbocycles. The lowest BCUT2D eigenvalue weighted by Crippen LogP contribution is -2.13. The molecular formula is C11H6BrCl2N3O. The Kier molecular flexibility index (Phi) is 4.16. The number of nitrogens with zero attached hydrogens (tertiary/aromatic N) is 2. The Labute approximate surface area is 121 Å². The molecule has 2 rings (SSSR count). The summed E-state index contributed by atoms with van der Waals surface area (Å²) < 4.78 is 0.585. The van der Waals surface area contributed by atoms with Gasteiger partial charge in [-0.05, 0) is 28.1 Å². The second-order valence-electron chi connectivity index (χ2n) is 3.28. The molecule has 0 bridgehead atoms. The number of amides is 1. The van der Waals surface area contributed by atoms with Crippen LogP contribution in [0.5, 0.6) is 0 Å². The minimum Gasteiger partial charge on any atom is -0.305 e. The van der Waals surface area contributed by atoms with E-state index in [2.05, 4.69) is 31.2 Å². The van der Waals surface area contributed by atoms with Crippen molar-refractivity contribution in [3.63, 3.8) is 0 Å². The molecule has 0 aliphatic carbocycles. The van der Waals surface area contributed by atoms with E-state index in [1.807, 2.05) is 0 Å². The maximum atomic E-state index is 11.9. The Morgan fingerprint density at radius 2 is 2.00 bits per heavy atom. The van der Waals surface area contributed by atoms with Crippen molar-refractivity contribution in [1.82, 2.24) is 9.97 Å². The zero-order valence-corrected chi connectivity index (χ0v) is 11.9. The quantitative estimate of drug-likeness (QED) is 0.899. The molecule has 0 radical (unpaired) electrons. The molecule has 18 heavy (non-hydrogen) atoms. The Hall–Kier alpha value is -1.17. The minimum atomic E-state index is -0.390. The van der Waals surface area contributed by atoms with Gasteiger partial charge in [-0.2, -0.15) is 0 Å². The third-order valence-corrected chi connectivity index (χ3v) is 3.29. The molecule has 0 saturated carbocycles. The number of hydrogen-bond donors (Lipinski definition) is 1. The van der Waals surface area contributed by atoms with Crippen LogP contribution in [0.25, 0.3) is 0 Å². The molecule has 0 aliphatic rings. The van der Waals surface area contributed by atoms with E-state index in [0.29, 0.717) is 15.4 Å². The Morgan fingerprint density at radius 3 is 2.67 bits per heavy atom. The monoisotopic (exact) mass is 345 g/mol. The van der Waals surface area contributed by atoms with Gasteiger partial charge in [0.25, 0.3) is 5.91 Å². The largest absolute Gasteiger partial charge is 0.305 e. The van der Waals surface area contributed by atoms with Gasteiger partial charge in [-0.1, -0.05) is 29.3 Å². The number of rotatable bonds is 2. The van der Waals surface area contributed by atoms with Crippen LogP contribution < -0.4 is 5.32 Å². The highest BCUT2D eigenvalue weighted by Gasteiger charge is 2.13. The van der Waals surface area contributed by atoms with Gasteiger partial charge < -0.3 is 5.32 Å². The second-order valence-corrected chi connectivity index (χ2v) is 4.88. The van der Waals surface area contributed by atoms with E-state index in [1.54, 1.807) is 18.2 Å². The van der Waals surface area contributed by atoms with Crippen LogP contribution in [-0.4, -0.2) is 15.9 Å². The van der Waals surface area contributed by atoms with Crippen molar-refractivity contribution < 1.29 is 4.79 Å². The average molecular weight is 347 g/mol. The first kappa shape index (κ1) is 13.3. The predicted molar refractivity (Wildman–Crippen MR) is 74.1 cm³/mol. The smallest absolute Gasteiger partial charge is 0.258 e. The van der Waals surface area contributed by atoms with Gasteiger partial charge in [0.05, 0.1) is 28.0 Å². The maximum absolute atomic E-state index is 11.9. The van der Waals surface area contributed by atoms with Crippen LogP contribution in [0, 0.1) is 0 Å². The lowest BCUT2D eigenvalue weighted by Gasteiger charge is -2.06. The fraction of sp³-hybridized carbons (Fsp3) is 0. The first-order valence-electron chi connectivity index (χ1n) is 4.81. The number of carbonyl (C=O) groups is 1. The van der Waals surface area contributed by atoms with Crippen molar-refractivity contribution in [3.8, 4) is 0 Å². The normalized spacial score (nSPS) is 10.2. The van der Waals surface area contributed by atoms with Crippen LogP contribution in [0.4, 0.5) is 5.82 Å². The number of carbonyl (C=O) groups excluding carboxylic acids is 1. The summed E-state index contributed by atoms with van der Waals surface area (Å²) in [4.78, 5) is 19.9. The van der Waals surface area contributed by atoms with Gasteiger partial charge in [-0.15, -0.1) is 0 Å². The van der Waals surface area contributed by atoms with E-state index < -0.39 is 0 Å². The van der Waals surface area contributed by atoms with E-state index in [9.17, 15) is 4.79 Å². The highest BCUT2D eigenvalue weighted by molar-refractivity contribution is 9.10. The zero-order chi connectivity index (χ0) is 13.1. The summed E-state index contributed by atoms with van der Waals surface area (Å²) in [5, 5.41) is 3.11. The molecule has 1 amide bonds. The average Bonchev–Trinajstić information content (AvgIpc) is 2.35.